The second-order valence-electron chi connectivity index (χ2n) is 9.08. The molecule has 7 heteroatoms. The normalized spacial score (nSPS) is 15.8. The Morgan fingerprint density at radius 3 is 2.11 bits per heavy atom. The zero-order valence-corrected chi connectivity index (χ0v) is 20.4. The summed E-state index contributed by atoms with van der Waals surface area (Å²) in [5.41, 5.74) is 3.70. The van der Waals surface area contributed by atoms with Crippen molar-refractivity contribution in [3.8, 4) is 0 Å². The highest BCUT2D eigenvalue weighted by molar-refractivity contribution is 6.22. The highest BCUT2D eigenvalue weighted by Crippen LogP contribution is 2.28. The van der Waals surface area contributed by atoms with Gasteiger partial charge in [0.05, 0.1) is 18.2 Å². The highest BCUT2D eigenvalue weighted by atomic mass is 16.5. The van der Waals surface area contributed by atoms with Crippen molar-refractivity contribution in [1.29, 1.82) is 0 Å². The number of hydrogen-bond acceptors (Lipinski definition) is 6. The SMILES string of the molecule is COC(=O)[C@H](Cc1ccc(N2C=C(C(=O)c3ccccc3)CCC2)cc1)N1C(=O)c2ccccc2C1=O. The van der Waals surface area contributed by atoms with Crippen molar-refractivity contribution in [3.63, 3.8) is 0 Å². The van der Waals surface area contributed by atoms with Crippen molar-refractivity contribution in [2.24, 2.45) is 0 Å². The number of ketones is 1. The van der Waals surface area contributed by atoms with E-state index in [0.29, 0.717) is 5.56 Å². The molecule has 0 saturated carbocycles. The van der Waals surface area contributed by atoms with E-state index in [-0.39, 0.29) is 23.3 Å². The minimum absolute atomic E-state index is 0.0313. The van der Waals surface area contributed by atoms with Gasteiger partial charge in [-0.25, -0.2) is 4.79 Å². The molecule has 3 aromatic rings. The van der Waals surface area contributed by atoms with Gasteiger partial charge in [-0.2, -0.15) is 0 Å². The Hall–Kier alpha value is -4.52. The van der Waals surface area contributed by atoms with E-state index in [1.165, 1.54) is 7.11 Å². The molecule has 0 spiro atoms. The molecule has 2 heterocycles. The van der Waals surface area contributed by atoms with Crippen LogP contribution in [-0.2, 0) is 16.0 Å². The Morgan fingerprint density at radius 2 is 1.49 bits per heavy atom. The average Bonchev–Trinajstić information content (AvgIpc) is 3.21. The monoisotopic (exact) mass is 494 g/mol. The van der Waals surface area contributed by atoms with Gasteiger partial charge in [0.25, 0.3) is 11.8 Å². The van der Waals surface area contributed by atoms with Gasteiger partial charge < -0.3 is 9.64 Å². The van der Waals surface area contributed by atoms with Crippen molar-refractivity contribution >= 4 is 29.3 Å². The van der Waals surface area contributed by atoms with Crippen LogP contribution in [0.4, 0.5) is 5.69 Å². The predicted molar refractivity (Wildman–Crippen MR) is 138 cm³/mol. The van der Waals surface area contributed by atoms with Gasteiger partial charge in [-0.05, 0) is 42.7 Å². The van der Waals surface area contributed by atoms with E-state index >= 15 is 0 Å². The largest absolute Gasteiger partial charge is 0.467 e. The van der Waals surface area contributed by atoms with Gasteiger partial charge in [-0.1, -0.05) is 54.6 Å². The summed E-state index contributed by atoms with van der Waals surface area (Å²) >= 11 is 0. The summed E-state index contributed by atoms with van der Waals surface area (Å²) in [5.74, 6) is -1.62. The van der Waals surface area contributed by atoms with Crippen LogP contribution in [0.2, 0.25) is 0 Å². The van der Waals surface area contributed by atoms with E-state index in [9.17, 15) is 19.2 Å². The first-order chi connectivity index (χ1) is 18.0. The Kier molecular flexibility index (Phi) is 6.68. The van der Waals surface area contributed by atoms with Crippen LogP contribution < -0.4 is 4.90 Å². The number of carbonyl (C=O) groups excluding carboxylic acids is 4. The molecule has 0 aromatic heterocycles. The van der Waals surface area contributed by atoms with Crippen molar-refractivity contribution in [2.75, 3.05) is 18.6 Å². The number of benzene rings is 3. The third kappa shape index (κ3) is 4.68. The lowest BCUT2D eigenvalue weighted by Crippen LogP contribution is -2.46. The first kappa shape index (κ1) is 24.2. The molecule has 3 aromatic carbocycles. The van der Waals surface area contributed by atoms with Gasteiger partial charge >= 0.3 is 5.97 Å². The Bertz CT molecular complexity index is 1360. The van der Waals surface area contributed by atoms with Crippen molar-refractivity contribution in [3.05, 3.63) is 113 Å². The van der Waals surface area contributed by atoms with Gasteiger partial charge in [0.15, 0.2) is 5.78 Å². The number of anilines is 1. The van der Waals surface area contributed by atoms with Crippen molar-refractivity contribution in [2.45, 2.75) is 25.3 Å². The van der Waals surface area contributed by atoms with Crippen molar-refractivity contribution < 1.29 is 23.9 Å². The van der Waals surface area contributed by atoms with Crippen LogP contribution in [0, 0.1) is 0 Å². The summed E-state index contributed by atoms with van der Waals surface area (Å²) in [6.45, 7) is 0.782. The Labute approximate surface area is 215 Å². The molecule has 1 atom stereocenters. The Balaban J connectivity index is 1.35. The number of esters is 1. The first-order valence-electron chi connectivity index (χ1n) is 12.2. The zero-order chi connectivity index (χ0) is 25.9. The molecule has 2 aliphatic heterocycles. The quantitative estimate of drug-likeness (QED) is 0.274. The number of ether oxygens (including phenoxy) is 1. The van der Waals surface area contributed by atoms with Gasteiger partial charge in [0.2, 0.25) is 0 Å². The minimum Gasteiger partial charge on any atom is -0.467 e. The number of hydrogen-bond donors (Lipinski definition) is 0. The lowest BCUT2D eigenvalue weighted by Gasteiger charge is -2.27. The molecular formula is C30H26N2O5. The fraction of sp³-hybridized carbons (Fsp3) is 0.200. The molecule has 5 rings (SSSR count). The molecule has 0 radical (unpaired) electrons. The molecule has 7 nitrogen and oxygen atoms in total. The molecule has 37 heavy (non-hydrogen) atoms. The number of rotatable bonds is 7. The molecule has 0 bridgehead atoms. The second-order valence-corrected chi connectivity index (χ2v) is 9.08. The number of imide groups is 1. The van der Waals surface area contributed by atoms with Crippen LogP contribution in [0.1, 0.15) is 49.5 Å². The third-order valence-corrected chi connectivity index (χ3v) is 6.79. The van der Waals surface area contributed by atoms with Crippen LogP contribution >= 0.6 is 0 Å². The standard InChI is InChI=1S/C30H26N2O5/c1-37-30(36)26(32-28(34)24-11-5-6-12-25(24)29(32)35)18-20-13-15-23(16-14-20)31-17-7-10-22(19-31)27(33)21-8-3-2-4-9-21/h2-6,8-9,11-16,19,26H,7,10,17-18H2,1H3/t26-/m0/s1. The fourth-order valence-corrected chi connectivity index (χ4v) is 4.86. The summed E-state index contributed by atoms with van der Waals surface area (Å²) in [6.07, 6.45) is 3.62. The number of amides is 2. The smallest absolute Gasteiger partial charge is 0.329 e. The van der Waals surface area contributed by atoms with Crippen LogP contribution in [0.3, 0.4) is 0 Å². The maximum atomic E-state index is 13.0. The number of allylic oxidation sites excluding steroid dienone is 1. The van der Waals surface area contributed by atoms with E-state index in [1.807, 2.05) is 65.7 Å². The second kappa shape index (κ2) is 10.2. The topological polar surface area (TPSA) is 84.0 Å². The van der Waals surface area contributed by atoms with Gasteiger partial charge in [-0.3, -0.25) is 19.3 Å². The number of nitrogens with zero attached hydrogens (tertiary/aromatic N) is 2. The van der Waals surface area contributed by atoms with Crippen LogP contribution in [0.25, 0.3) is 0 Å². The maximum absolute atomic E-state index is 13.0. The molecule has 0 aliphatic carbocycles. The molecule has 0 N–H and O–H groups in total. The third-order valence-electron chi connectivity index (χ3n) is 6.79. The molecule has 0 fully saturated rings. The number of Topliss-reactive ketones (excluding diaryl/α,β-unsaturated/α-hetero) is 1. The van der Waals surface area contributed by atoms with Crippen LogP contribution in [0.5, 0.6) is 0 Å². The molecule has 0 unspecified atom stereocenters. The first-order valence-corrected chi connectivity index (χ1v) is 12.2. The van der Waals surface area contributed by atoms with Gasteiger partial charge in [0.1, 0.15) is 6.04 Å². The van der Waals surface area contributed by atoms with E-state index in [4.69, 9.17) is 4.74 Å². The van der Waals surface area contributed by atoms with E-state index in [0.717, 1.165) is 41.1 Å². The molecule has 186 valence electrons. The summed E-state index contributed by atoms with van der Waals surface area (Å²) in [6, 6.07) is 22.3. The van der Waals surface area contributed by atoms with Crippen molar-refractivity contribution in [1.82, 2.24) is 4.90 Å². The molecule has 0 saturated heterocycles. The molecular weight excluding hydrogens is 468 g/mol. The van der Waals surface area contributed by atoms with Crippen LogP contribution in [0.15, 0.2) is 90.6 Å². The fourth-order valence-electron chi connectivity index (χ4n) is 4.86. The molecule has 2 aliphatic rings. The minimum atomic E-state index is -1.08. The van der Waals surface area contributed by atoms with E-state index in [2.05, 4.69) is 0 Å². The maximum Gasteiger partial charge on any atom is 0.329 e. The van der Waals surface area contributed by atoms with Gasteiger partial charge in [-0.15, -0.1) is 0 Å². The molecule has 2 amide bonds. The predicted octanol–water partition coefficient (Wildman–Crippen LogP) is 4.43. The summed E-state index contributed by atoms with van der Waals surface area (Å²) < 4.78 is 4.95. The Morgan fingerprint density at radius 1 is 0.865 bits per heavy atom. The summed E-state index contributed by atoms with van der Waals surface area (Å²) in [5, 5.41) is 0. The van der Waals surface area contributed by atoms with Crippen LogP contribution in [-0.4, -0.2) is 48.2 Å². The average molecular weight is 495 g/mol. The van der Waals surface area contributed by atoms with Gasteiger partial charge in [0, 0.05) is 36.0 Å². The number of carbonyl (C=O) groups is 4. The zero-order valence-electron chi connectivity index (χ0n) is 20.4. The lowest BCUT2D eigenvalue weighted by atomic mass is 9.97. The highest BCUT2D eigenvalue weighted by Gasteiger charge is 2.43. The van der Waals surface area contributed by atoms with E-state index < -0.39 is 23.8 Å². The van der Waals surface area contributed by atoms with E-state index in [1.54, 1.807) is 24.3 Å². The number of fused-ring (bicyclic) bond motifs is 1. The number of methoxy groups -OCH3 is 1. The summed E-state index contributed by atoms with van der Waals surface area (Å²) in [7, 11) is 1.24. The summed E-state index contributed by atoms with van der Waals surface area (Å²) in [4.78, 5) is 54.5. The lowest BCUT2D eigenvalue weighted by molar-refractivity contribution is -0.145.